The lowest BCUT2D eigenvalue weighted by atomic mass is 10.1. The number of aromatic nitrogens is 2. The topological polar surface area (TPSA) is 39.8 Å². The Kier molecular flexibility index (Phi) is 4.54. The van der Waals surface area contributed by atoms with E-state index in [2.05, 4.69) is 32.7 Å². The Morgan fingerprint density at radius 2 is 1.81 bits per heavy atom. The molecule has 3 nitrogen and oxygen atoms in total. The van der Waals surface area contributed by atoms with Gasteiger partial charge in [-0.15, -0.1) is 0 Å². The molecule has 1 aromatic rings. The van der Waals surface area contributed by atoms with E-state index in [-0.39, 0.29) is 5.15 Å². The summed E-state index contributed by atoms with van der Waals surface area (Å²) in [5.41, 5.74) is 1.34. The zero-order valence-corrected chi connectivity index (χ0v) is 11.1. The van der Waals surface area contributed by atoms with Gasteiger partial charge in [0.2, 0.25) is 5.69 Å². The van der Waals surface area contributed by atoms with Crippen molar-refractivity contribution in [3.63, 3.8) is 0 Å². The number of nitrogens with zero attached hydrogens (tertiary/aromatic N) is 2. The maximum Gasteiger partial charge on any atom is 0.308 e. The molecule has 0 atom stereocenters. The third-order valence-electron chi connectivity index (χ3n) is 2.27. The molecule has 0 aliphatic rings. The van der Waals surface area contributed by atoms with Crippen molar-refractivity contribution in [2.75, 3.05) is 0 Å². The van der Waals surface area contributed by atoms with Crippen molar-refractivity contribution >= 4 is 11.6 Å². The first-order valence-corrected chi connectivity index (χ1v) is 6.05. The third-order valence-corrected chi connectivity index (χ3v) is 2.64. The molecular weight excluding hydrogens is 224 g/mol. The highest BCUT2D eigenvalue weighted by Crippen LogP contribution is 2.14. The van der Waals surface area contributed by atoms with Crippen LogP contribution in [0.15, 0.2) is 6.20 Å². The van der Waals surface area contributed by atoms with Crippen LogP contribution in [0.4, 0.5) is 0 Å². The summed E-state index contributed by atoms with van der Waals surface area (Å²) in [6, 6.07) is 0. The van der Waals surface area contributed by atoms with Crippen LogP contribution in [0.3, 0.4) is 0 Å². The largest absolute Gasteiger partial charge is 0.617 e. The van der Waals surface area contributed by atoms with Crippen molar-refractivity contribution in [2.45, 2.75) is 40.5 Å². The van der Waals surface area contributed by atoms with Crippen LogP contribution in [0, 0.1) is 17.0 Å². The van der Waals surface area contributed by atoms with Gasteiger partial charge >= 0.3 is 5.15 Å². The zero-order valence-electron chi connectivity index (χ0n) is 10.3. The zero-order chi connectivity index (χ0) is 12.3. The minimum absolute atomic E-state index is 0.229. The van der Waals surface area contributed by atoms with Crippen molar-refractivity contribution in [2.24, 2.45) is 11.8 Å². The summed E-state index contributed by atoms with van der Waals surface area (Å²) in [6.07, 6.45) is 3.10. The fraction of sp³-hybridized carbons (Fsp3) is 0.667. The lowest BCUT2D eigenvalue weighted by Crippen LogP contribution is -2.36. The molecule has 16 heavy (non-hydrogen) atoms. The molecule has 0 unspecified atom stereocenters. The van der Waals surface area contributed by atoms with E-state index >= 15 is 0 Å². The standard InChI is InChI=1S/C12H19ClN2O/c1-8(2)5-10-7-14-11(6-9(3)4)12(13)15(10)16/h7-9H,5-6H2,1-4H3. The summed E-state index contributed by atoms with van der Waals surface area (Å²) in [5.74, 6) is 0.870. The Balaban J connectivity index is 2.98. The van der Waals surface area contributed by atoms with Crippen LogP contribution in [0.1, 0.15) is 39.1 Å². The predicted molar refractivity (Wildman–Crippen MR) is 65.3 cm³/mol. The molecule has 0 radical (unpaired) electrons. The predicted octanol–water partition coefficient (Wildman–Crippen LogP) is 2.77. The molecule has 0 saturated carbocycles. The Morgan fingerprint density at radius 1 is 1.25 bits per heavy atom. The van der Waals surface area contributed by atoms with E-state index in [1.165, 1.54) is 0 Å². The molecular formula is C12H19ClN2O. The molecule has 4 heteroatoms. The van der Waals surface area contributed by atoms with Gasteiger partial charge in [-0.3, -0.25) is 0 Å². The highest BCUT2D eigenvalue weighted by molar-refractivity contribution is 6.29. The lowest BCUT2D eigenvalue weighted by Gasteiger charge is -2.11. The minimum Gasteiger partial charge on any atom is -0.617 e. The van der Waals surface area contributed by atoms with E-state index in [0.29, 0.717) is 29.6 Å². The van der Waals surface area contributed by atoms with Crippen molar-refractivity contribution in [1.29, 1.82) is 0 Å². The van der Waals surface area contributed by atoms with Gasteiger partial charge in [0.05, 0.1) is 6.20 Å². The quantitative estimate of drug-likeness (QED) is 0.602. The second-order valence-corrected chi connectivity index (χ2v) is 5.34. The van der Waals surface area contributed by atoms with E-state index in [0.717, 1.165) is 11.2 Å². The average Bonchev–Trinajstić information content (AvgIpc) is 2.16. The minimum atomic E-state index is 0.229. The molecule has 0 aromatic carbocycles. The normalized spacial score (nSPS) is 11.4. The average molecular weight is 243 g/mol. The Hall–Kier alpha value is -0.830. The molecule has 0 spiro atoms. The second kappa shape index (κ2) is 5.48. The van der Waals surface area contributed by atoms with Crippen molar-refractivity contribution in [1.82, 2.24) is 4.98 Å². The highest BCUT2D eigenvalue weighted by Gasteiger charge is 2.18. The molecule has 1 aromatic heterocycles. The molecule has 0 aliphatic carbocycles. The first kappa shape index (κ1) is 13.2. The maximum absolute atomic E-state index is 11.9. The van der Waals surface area contributed by atoms with E-state index in [1.807, 2.05) is 0 Å². The molecule has 0 aliphatic heterocycles. The molecule has 0 N–H and O–H groups in total. The molecule has 0 fully saturated rings. The lowest BCUT2D eigenvalue weighted by molar-refractivity contribution is -0.613. The van der Waals surface area contributed by atoms with Gasteiger partial charge in [0.25, 0.3) is 0 Å². The summed E-state index contributed by atoms with van der Waals surface area (Å²) in [7, 11) is 0. The maximum atomic E-state index is 11.9. The number of rotatable bonds is 4. The van der Waals surface area contributed by atoms with Crippen LogP contribution in [0.5, 0.6) is 0 Å². The van der Waals surface area contributed by atoms with Crippen molar-refractivity contribution in [3.05, 3.63) is 27.9 Å². The van der Waals surface area contributed by atoms with Gasteiger partial charge in [-0.1, -0.05) is 27.7 Å². The molecule has 0 saturated heterocycles. The Bertz CT molecular complexity index is 329. The molecule has 90 valence electrons. The first-order chi connectivity index (χ1) is 7.41. The summed E-state index contributed by atoms with van der Waals surface area (Å²) in [6.45, 7) is 8.29. The van der Waals surface area contributed by atoms with Crippen LogP contribution in [-0.2, 0) is 12.8 Å². The van der Waals surface area contributed by atoms with E-state index in [1.54, 1.807) is 6.20 Å². The monoisotopic (exact) mass is 242 g/mol. The van der Waals surface area contributed by atoms with Crippen LogP contribution < -0.4 is 4.73 Å². The van der Waals surface area contributed by atoms with Crippen molar-refractivity contribution < 1.29 is 4.73 Å². The van der Waals surface area contributed by atoms with Gasteiger partial charge in [0.15, 0.2) is 0 Å². The Morgan fingerprint density at radius 3 is 2.31 bits per heavy atom. The smallest absolute Gasteiger partial charge is 0.308 e. The van der Waals surface area contributed by atoms with Gasteiger partial charge in [-0.05, 0) is 29.9 Å². The van der Waals surface area contributed by atoms with Crippen LogP contribution in [-0.4, -0.2) is 4.98 Å². The van der Waals surface area contributed by atoms with Gasteiger partial charge in [0, 0.05) is 6.42 Å². The molecule has 0 amide bonds. The van der Waals surface area contributed by atoms with E-state index < -0.39 is 0 Å². The highest BCUT2D eigenvalue weighted by atomic mass is 35.5. The molecule has 1 rings (SSSR count). The van der Waals surface area contributed by atoms with Gasteiger partial charge in [-0.2, -0.15) is 4.73 Å². The van der Waals surface area contributed by atoms with Crippen LogP contribution in [0.25, 0.3) is 0 Å². The SMILES string of the molecule is CC(C)Cc1ncc(CC(C)C)[n+]([O-])c1Cl. The first-order valence-electron chi connectivity index (χ1n) is 5.67. The second-order valence-electron chi connectivity index (χ2n) is 4.98. The van der Waals surface area contributed by atoms with Gasteiger partial charge in [-0.25, -0.2) is 4.98 Å². The van der Waals surface area contributed by atoms with Crippen molar-refractivity contribution in [3.8, 4) is 0 Å². The molecule has 1 heterocycles. The summed E-state index contributed by atoms with van der Waals surface area (Å²) in [4.78, 5) is 4.28. The van der Waals surface area contributed by atoms with E-state index in [4.69, 9.17) is 11.6 Å². The van der Waals surface area contributed by atoms with Crippen LogP contribution in [0.2, 0.25) is 5.15 Å². The number of hydrogen-bond acceptors (Lipinski definition) is 2. The number of halogens is 1. The molecule has 0 bridgehead atoms. The van der Waals surface area contributed by atoms with Crippen LogP contribution >= 0.6 is 11.6 Å². The summed E-state index contributed by atoms with van der Waals surface area (Å²) >= 11 is 6.01. The van der Waals surface area contributed by atoms with E-state index in [9.17, 15) is 5.21 Å². The van der Waals surface area contributed by atoms with Gasteiger partial charge < -0.3 is 5.21 Å². The fourth-order valence-electron chi connectivity index (χ4n) is 1.58. The van der Waals surface area contributed by atoms with Gasteiger partial charge in [0.1, 0.15) is 5.69 Å². The Labute approximate surface area is 102 Å². The summed E-state index contributed by atoms with van der Waals surface area (Å²) < 4.78 is 0.812. The third kappa shape index (κ3) is 3.34. The fourth-order valence-corrected chi connectivity index (χ4v) is 1.81. The summed E-state index contributed by atoms with van der Waals surface area (Å²) in [5, 5.41) is 12.1. The number of hydrogen-bond donors (Lipinski definition) is 0.